The van der Waals surface area contributed by atoms with Gasteiger partial charge in [0.15, 0.2) is 0 Å². The molecule has 1 fully saturated rings. The molecule has 2 aromatic rings. The molecule has 0 spiro atoms. The maximum atomic E-state index is 6.34. The fourth-order valence-electron chi connectivity index (χ4n) is 2.50. The summed E-state index contributed by atoms with van der Waals surface area (Å²) in [6.07, 6.45) is 0.0912. The summed E-state index contributed by atoms with van der Waals surface area (Å²) in [5.41, 5.74) is 1.22. The van der Waals surface area contributed by atoms with E-state index in [4.69, 9.17) is 27.9 Å². The maximum absolute atomic E-state index is 6.34. The van der Waals surface area contributed by atoms with Gasteiger partial charge in [0.1, 0.15) is 0 Å². The highest BCUT2D eigenvalue weighted by Gasteiger charge is 2.28. The molecule has 3 rings (SSSR count). The third-order valence-electron chi connectivity index (χ3n) is 3.59. The standard InChI is InChI=1S/C17H17Cl2NOS.ClH/c18-13-7-4-8-14(19)17(13)22-16(12-5-2-1-3-6-12)15-11-20-9-10-21-15;/h1-8,15-16,20H,9-11H2;1H/t15-,16-;/m1./s1. The van der Waals surface area contributed by atoms with Gasteiger partial charge in [-0.25, -0.2) is 0 Å². The fourth-order valence-corrected chi connectivity index (χ4v) is 4.40. The Hall–Kier alpha value is -0.420. The molecule has 0 saturated carbocycles. The fraction of sp³-hybridized carbons (Fsp3) is 0.294. The van der Waals surface area contributed by atoms with Crippen molar-refractivity contribution in [2.45, 2.75) is 16.2 Å². The molecule has 23 heavy (non-hydrogen) atoms. The van der Waals surface area contributed by atoms with Crippen LogP contribution in [0.25, 0.3) is 0 Å². The van der Waals surface area contributed by atoms with Crippen LogP contribution in [0.15, 0.2) is 53.4 Å². The van der Waals surface area contributed by atoms with E-state index in [2.05, 4.69) is 17.4 Å². The zero-order chi connectivity index (χ0) is 15.4. The molecule has 1 N–H and O–H groups in total. The SMILES string of the molecule is Cl.Clc1cccc(Cl)c1S[C@H](c1ccccc1)[C@H]1CNCCO1. The third kappa shape index (κ3) is 4.79. The number of morpholine rings is 1. The summed E-state index contributed by atoms with van der Waals surface area (Å²) < 4.78 is 5.98. The molecule has 0 amide bonds. The largest absolute Gasteiger partial charge is 0.374 e. The van der Waals surface area contributed by atoms with Crippen molar-refractivity contribution in [1.82, 2.24) is 5.32 Å². The van der Waals surface area contributed by atoms with Crippen molar-refractivity contribution in [3.8, 4) is 0 Å². The summed E-state index contributed by atoms with van der Waals surface area (Å²) in [5.74, 6) is 0. The van der Waals surface area contributed by atoms with Crippen molar-refractivity contribution >= 4 is 47.4 Å². The molecule has 1 saturated heterocycles. The predicted octanol–water partition coefficient (Wildman–Crippen LogP) is 5.24. The first-order valence-corrected chi connectivity index (χ1v) is 8.87. The minimum absolute atomic E-state index is 0. The molecule has 0 aliphatic carbocycles. The number of rotatable bonds is 4. The Morgan fingerprint density at radius 1 is 1.04 bits per heavy atom. The first-order valence-electron chi connectivity index (χ1n) is 7.23. The maximum Gasteiger partial charge on any atom is 0.0862 e. The van der Waals surface area contributed by atoms with Crippen molar-refractivity contribution in [3.63, 3.8) is 0 Å². The number of nitrogens with one attached hydrogen (secondary N) is 1. The molecule has 2 nitrogen and oxygen atoms in total. The second-order valence-electron chi connectivity index (χ2n) is 5.11. The van der Waals surface area contributed by atoms with Gasteiger partial charge in [-0.1, -0.05) is 59.6 Å². The number of ether oxygens (including phenoxy) is 1. The summed E-state index contributed by atoms with van der Waals surface area (Å²) in [7, 11) is 0. The highest BCUT2D eigenvalue weighted by atomic mass is 35.5. The van der Waals surface area contributed by atoms with E-state index in [-0.39, 0.29) is 23.8 Å². The third-order valence-corrected chi connectivity index (χ3v) is 5.95. The monoisotopic (exact) mass is 389 g/mol. The zero-order valence-electron chi connectivity index (χ0n) is 12.4. The Labute approximate surface area is 157 Å². The van der Waals surface area contributed by atoms with Crippen LogP contribution < -0.4 is 5.32 Å². The van der Waals surface area contributed by atoms with Crippen LogP contribution in [0.1, 0.15) is 10.8 Å². The Bertz CT molecular complexity index is 600. The van der Waals surface area contributed by atoms with Crippen LogP contribution >= 0.6 is 47.4 Å². The Morgan fingerprint density at radius 3 is 2.35 bits per heavy atom. The molecule has 1 heterocycles. The topological polar surface area (TPSA) is 21.3 Å². The summed E-state index contributed by atoms with van der Waals surface area (Å²) >= 11 is 14.3. The molecule has 0 unspecified atom stereocenters. The van der Waals surface area contributed by atoms with Crippen molar-refractivity contribution < 1.29 is 4.74 Å². The number of hydrogen-bond donors (Lipinski definition) is 1. The molecule has 6 heteroatoms. The van der Waals surface area contributed by atoms with E-state index in [1.165, 1.54) is 5.56 Å². The highest BCUT2D eigenvalue weighted by Crippen LogP contribution is 2.44. The van der Waals surface area contributed by atoms with E-state index >= 15 is 0 Å². The second-order valence-corrected chi connectivity index (χ2v) is 7.08. The number of hydrogen-bond acceptors (Lipinski definition) is 3. The van der Waals surface area contributed by atoms with Crippen LogP contribution in [-0.4, -0.2) is 25.8 Å². The molecule has 124 valence electrons. The highest BCUT2D eigenvalue weighted by molar-refractivity contribution is 7.99. The Kier molecular flexibility index (Phi) is 7.54. The molecule has 2 aromatic carbocycles. The normalized spacial score (nSPS) is 19.0. The van der Waals surface area contributed by atoms with Crippen LogP contribution in [0.5, 0.6) is 0 Å². The smallest absolute Gasteiger partial charge is 0.0862 e. The van der Waals surface area contributed by atoms with E-state index in [0.29, 0.717) is 10.0 Å². The van der Waals surface area contributed by atoms with Crippen molar-refractivity contribution in [3.05, 3.63) is 64.1 Å². The van der Waals surface area contributed by atoms with Gasteiger partial charge in [-0.05, 0) is 17.7 Å². The predicted molar refractivity (Wildman–Crippen MR) is 101 cm³/mol. The minimum atomic E-state index is 0. The van der Waals surface area contributed by atoms with Gasteiger partial charge in [-0.3, -0.25) is 0 Å². The average molecular weight is 391 g/mol. The van der Waals surface area contributed by atoms with Crippen LogP contribution in [0.2, 0.25) is 10.0 Å². The molecular weight excluding hydrogens is 373 g/mol. The molecule has 2 atom stereocenters. The van der Waals surface area contributed by atoms with Crippen molar-refractivity contribution in [2.75, 3.05) is 19.7 Å². The summed E-state index contributed by atoms with van der Waals surface area (Å²) in [6.45, 7) is 2.45. The summed E-state index contributed by atoms with van der Waals surface area (Å²) in [4.78, 5) is 0.911. The lowest BCUT2D eigenvalue weighted by Crippen LogP contribution is -2.41. The lowest BCUT2D eigenvalue weighted by Gasteiger charge is -2.31. The summed E-state index contributed by atoms with van der Waals surface area (Å²) in [5, 5.41) is 4.91. The van der Waals surface area contributed by atoms with E-state index in [9.17, 15) is 0 Å². The van der Waals surface area contributed by atoms with Gasteiger partial charge in [-0.15, -0.1) is 24.2 Å². The van der Waals surface area contributed by atoms with Crippen LogP contribution in [0.3, 0.4) is 0 Å². The van der Waals surface area contributed by atoms with Gasteiger partial charge >= 0.3 is 0 Å². The second kappa shape index (κ2) is 9.16. The van der Waals surface area contributed by atoms with Gasteiger partial charge in [0.05, 0.1) is 28.0 Å². The number of thioether (sulfide) groups is 1. The zero-order valence-corrected chi connectivity index (χ0v) is 15.5. The van der Waals surface area contributed by atoms with Crippen molar-refractivity contribution in [2.24, 2.45) is 0 Å². The van der Waals surface area contributed by atoms with E-state index < -0.39 is 0 Å². The van der Waals surface area contributed by atoms with E-state index in [1.807, 2.05) is 36.4 Å². The van der Waals surface area contributed by atoms with Crippen LogP contribution in [0, 0.1) is 0 Å². The molecule has 0 aromatic heterocycles. The molecule has 1 aliphatic rings. The van der Waals surface area contributed by atoms with Crippen molar-refractivity contribution in [1.29, 1.82) is 0 Å². The lowest BCUT2D eigenvalue weighted by molar-refractivity contribution is 0.0273. The van der Waals surface area contributed by atoms with Crippen LogP contribution in [0.4, 0.5) is 0 Å². The van der Waals surface area contributed by atoms with Gasteiger partial charge < -0.3 is 10.1 Å². The first kappa shape index (κ1) is 18.9. The van der Waals surface area contributed by atoms with Crippen LogP contribution in [-0.2, 0) is 4.74 Å². The first-order chi connectivity index (χ1) is 10.8. The van der Waals surface area contributed by atoms with E-state index in [1.54, 1.807) is 11.8 Å². The van der Waals surface area contributed by atoms with Gasteiger partial charge in [-0.2, -0.15) is 0 Å². The Balaban J connectivity index is 0.00000192. The number of halogens is 3. The minimum Gasteiger partial charge on any atom is -0.374 e. The van der Waals surface area contributed by atoms with Gasteiger partial charge in [0, 0.05) is 18.0 Å². The molecule has 0 radical (unpaired) electrons. The molecule has 0 bridgehead atoms. The average Bonchev–Trinajstić information content (AvgIpc) is 2.56. The lowest BCUT2D eigenvalue weighted by atomic mass is 10.1. The number of benzene rings is 2. The summed E-state index contributed by atoms with van der Waals surface area (Å²) in [6, 6.07) is 16.0. The molecule has 1 aliphatic heterocycles. The molecular formula is C17H18Cl3NOS. The Morgan fingerprint density at radius 2 is 1.74 bits per heavy atom. The quantitative estimate of drug-likeness (QED) is 0.722. The van der Waals surface area contributed by atoms with Gasteiger partial charge in [0.25, 0.3) is 0 Å². The van der Waals surface area contributed by atoms with Gasteiger partial charge in [0.2, 0.25) is 0 Å². The van der Waals surface area contributed by atoms with E-state index in [0.717, 1.165) is 24.6 Å².